The summed E-state index contributed by atoms with van der Waals surface area (Å²) < 4.78 is 2.12. The number of hydrogen-bond donors (Lipinski definition) is 1. The number of rotatable bonds is 0. The van der Waals surface area contributed by atoms with E-state index >= 15 is 0 Å². The fourth-order valence-electron chi connectivity index (χ4n) is 1.31. The van der Waals surface area contributed by atoms with E-state index in [0.717, 1.165) is 14.6 Å². The Bertz CT molecular complexity index is 303. The maximum Gasteiger partial charge on any atom is 0.0336 e. The average Bonchev–Trinajstić information content (AvgIpc) is 1.78. The molecule has 0 fully saturated rings. The standard InChI is InChI=1S/C10H13Br2N/c1-10(2,3)9-7(11)4-6(13)5-8(9)12/h4-5H,13H2,1-3H3. The zero-order chi connectivity index (χ0) is 10.2. The van der Waals surface area contributed by atoms with Crippen molar-refractivity contribution >= 4 is 37.5 Å². The van der Waals surface area contributed by atoms with Crippen LogP contribution in [0.2, 0.25) is 0 Å². The van der Waals surface area contributed by atoms with Crippen molar-refractivity contribution in [2.24, 2.45) is 0 Å². The lowest BCUT2D eigenvalue weighted by molar-refractivity contribution is 0.584. The maximum atomic E-state index is 5.71. The van der Waals surface area contributed by atoms with Crippen molar-refractivity contribution in [3.63, 3.8) is 0 Å². The zero-order valence-corrected chi connectivity index (χ0v) is 11.2. The SMILES string of the molecule is CC(C)(C)c1c(Br)cc(N)cc1Br. The monoisotopic (exact) mass is 305 g/mol. The smallest absolute Gasteiger partial charge is 0.0336 e. The molecule has 0 aromatic heterocycles. The highest BCUT2D eigenvalue weighted by atomic mass is 79.9. The first-order valence-electron chi connectivity index (χ1n) is 4.07. The van der Waals surface area contributed by atoms with Crippen LogP contribution in [0.25, 0.3) is 0 Å². The van der Waals surface area contributed by atoms with Crippen LogP contribution in [0.4, 0.5) is 5.69 Å². The van der Waals surface area contributed by atoms with Crippen LogP contribution in [0.3, 0.4) is 0 Å². The maximum absolute atomic E-state index is 5.71. The average molecular weight is 307 g/mol. The Labute approximate surface area is 96.0 Å². The van der Waals surface area contributed by atoms with E-state index in [-0.39, 0.29) is 5.41 Å². The Kier molecular flexibility index (Phi) is 3.08. The quantitative estimate of drug-likeness (QED) is 0.718. The molecule has 0 saturated carbocycles. The van der Waals surface area contributed by atoms with Gasteiger partial charge >= 0.3 is 0 Å². The third-order valence-electron chi connectivity index (χ3n) is 1.81. The van der Waals surface area contributed by atoms with Gasteiger partial charge in [0.2, 0.25) is 0 Å². The van der Waals surface area contributed by atoms with Crippen molar-refractivity contribution in [3.8, 4) is 0 Å². The minimum absolute atomic E-state index is 0.116. The number of anilines is 1. The zero-order valence-electron chi connectivity index (χ0n) is 7.99. The highest BCUT2D eigenvalue weighted by Gasteiger charge is 2.20. The molecule has 0 heterocycles. The Morgan fingerprint density at radius 3 is 1.77 bits per heavy atom. The lowest BCUT2D eigenvalue weighted by Gasteiger charge is -2.22. The van der Waals surface area contributed by atoms with Gasteiger partial charge in [0.1, 0.15) is 0 Å². The molecular weight excluding hydrogens is 294 g/mol. The molecule has 3 heteroatoms. The molecule has 1 rings (SSSR count). The summed E-state index contributed by atoms with van der Waals surface area (Å²) >= 11 is 7.05. The summed E-state index contributed by atoms with van der Waals surface area (Å²) in [5.74, 6) is 0. The van der Waals surface area contributed by atoms with Crippen molar-refractivity contribution in [2.45, 2.75) is 26.2 Å². The number of benzene rings is 1. The second kappa shape index (κ2) is 3.62. The molecule has 72 valence electrons. The van der Waals surface area contributed by atoms with Gasteiger partial charge < -0.3 is 5.73 Å². The van der Waals surface area contributed by atoms with Gasteiger partial charge in [-0.1, -0.05) is 52.6 Å². The normalized spacial score (nSPS) is 11.8. The molecule has 0 aliphatic carbocycles. The van der Waals surface area contributed by atoms with Crippen LogP contribution in [0.15, 0.2) is 21.1 Å². The predicted molar refractivity (Wildman–Crippen MR) is 65.0 cm³/mol. The van der Waals surface area contributed by atoms with Crippen LogP contribution in [0.1, 0.15) is 26.3 Å². The number of hydrogen-bond acceptors (Lipinski definition) is 1. The van der Waals surface area contributed by atoms with Crippen molar-refractivity contribution < 1.29 is 0 Å². The van der Waals surface area contributed by atoms with Crippen LogP contribution < -0.4 is 5.73 Å². The predicted octanol–water partition coefficient (Wildman–Crippen LogP) is 4.09. The summed E-state index contributed by atoms with van der Waals surface area (Å²) in [6, 6.07) is 3.87. The van der Waals surface area contributed by atoms with Crippen LogP contribution in [0.5, 0.6) is 0 Å². The van der Waals surface area contributed by atoms with E-state index in [1.807, 2.05) is 12.1 Å². The van der Waals surface area contributed by atoms with Crippen molar-refractivity contribution in [1.29, 1.82) is 0 Å². The molecule has 1 nitrogen and oxygen atoms in total. The van der Waals surface area contributed by atoms with Gasteiger partial charge in [-0.05, 0) is 23.1 Å². The first-order chi connectivity index (χ1) is 5.82. The van der Waals surface area contributed by atoms with Gasteiger partial charge in [0.25, 0.3) is 0 Å². The number of halogens is 2. The lowest BCUT2D eigenvalue weighted by atomic mass is 9.87. The Balaban J connectivity index is 3.38. The molecule has 0 spiro atoms. The van der Waals surface area contributed by atoms with Gasteiger partial charge in [-0.3, -0.25) is 0 Å². The third kappa shape index (κ3) is 2.47. The molecule has 0 unspecified atom stereocenters. The fraction of sp³-hybridized carbons (Fsp3) is 0.400. The second-order valence-corrected chi connectivity index (χ2v) is 5.82. The summed E-state index contributed by atoms with van der Waals surface area (Å²) in [6.45, 7) is 6.52. The molecule has 0 aliphatic heterocycles. The fourth-order valence-corrected chi connectivity index (χ4v) is 3.72. The Morgan fingerprint density at radius 2 is 1.46 bits per heavy atom. The third-order valence-corrected chi connectivity index (χ3v) is 3.07. The van der Waals surface area contributed by atoms with Gasteiger partial charge in [0.15, 0.2) is 0 Å². The van der Waals surface area contributed by atoms with Crippen LogP contribution in [-0.4, -0.2) is 0 Å². The molecule has 1 aromatic carbocycles. The van der Waals surface area contributed by atoms with Crippen molar-refractivity contribution in [2.75, 3.05) is 5.73 Å². The molecule has 0 atom stereocenters. The molecule has 0 radical (unpaired) electrons. The van der Waals surface area contributed by atoms with Crippen molar-refractivity contribution in [3.05, 3.63) is 26.6 Å². The van der Waals surface area contributed by atoms with E-state index in [4.69, 9.17) is 5.73 Å². The molecule has 13 heavy (non-hydrogen) atoms. The van der Waals surface area contributed by atoms with Crippen LogP contribution in [0, 0.1) is 0 Å². The highest BCUT2D eigenvalue weighted by molar-refractivity contribution is 9.11. The highest BCUT2D eigenvalue weighted by Crippen LogP contribution is 2.37. The Morgan fingerprint density at radius 1 is 1.08 bits per heavy atom. The van der Waals surface area contributed by atoms with Crippen LogP contribution in [-0.2, 0) is 5.41 Å². The second-order valence-electron chi connectivity index (χ2n) is 4.11. The minimum Gasteiger partial charge on any atom is -0.399 e. The summed E-state index contributed by atoms with van der Waals surface area (Å²) in [4.78, 5) is 0. The van der Waals surface area contributed by atoms with E-state index in [1.54, 1.807) is 0 Å². The molecule has 0 aliphatic rings. The van der Waals surface area contributed by atoms with Gasteiger partial charge in [0, 0.05) is 14.6 Å². The molecular formula is C10H13Br2N. The molecule has 0 amide bonds. The molecule has 2 N–H and O–H groups in total. The summed E-state index contributed by atoms with van der Waals surface area (Å²) in [7, 11) is 0. The van der Waals surface area contributed by atoms with Gasteiger partial charge in [-0.2, -0.15) is 0 Å². The number of nitrogens with two attached hydrogens (primary N) is 1. The summed E-state index contributed by atoms with van der Waals surface area (Å²) in [5, 5.41) is 0. The largest absolute Gasteiger partial charge is 0.399 e. The Hall–Kier alpha value is -0.0200. The van der Waals surface area contributed by atoms with Gasteiger partial charge in [-0.15, -0.1) is 0 Å². The van der Waals surface area contributed by atoms with E-state index in [2.05, 4.69) is 52.6 Å². The van der Waals surface area contributed by atoms with Gasteiger partial charge in [0.05, 0.1) is 0 Å². The number of nitrogen functional groups attached to an aromatic ring is 1. The summed E-state index contributed by atoms with van der Waals surface area (Å²) in [6.07, 6.45) is 0. The molecule has 0 saturated heterocycles. The van der Waals surface area contributed by atoms with E-state index in [0.29, 0.717) is 0 Å². The van der Waals surface area contributed by atoms with E-state index in [9.17, 15) is 0 Å². The summed E-state index contributed by atoms with van der Waals surface area (Å²) in [5.41, 5.74) is 7.85. The molecule has 0 bridgehead atoms. The first kappa shape index (κ1) is 11.1. The lowest BCUT2D eigenvalue weighted by Crippen LogP contribution is -2.13. The minimum atomic E-state index is 0.116. The van der Waals surface area contributed by atoms with E-state index < -0.39 is 0 Å². The van der Waals surface area contributed by atoms with Crippen LogP contribution >= 0.6 is 31.9 Å². The molecule has 1 aromatic rings. The topological polar surface area (TPSA) is 26.0 Å². The van der Waals surface area contributed by atoms with Gasteiger partial charge in [-0.25, -0.2) is 0 Å². The van der Waals surface area contributed by atoms with E-state index in [1.165, 1.54) is 5.56 Å². The van der Waals surface area contributed by atoms with Crippen molar-refractivity contribution in [1.82, 2.24) is 0 Å². The first-order valence-corrected chi connectivity index (χ1v) is 5.66.